The van der Waals surface area contributed by atoms with Gasteiger partial charge in [-0.2, -0.15) is 9.97 Å². The Bertz CT molecular complexity index is 1200. The molecule has 0 spiro atoms. The number of anilines is 1. The third kappa shape index (κ3) is 4.06. The number of carbonyl (C=O) groups excluding carboxylic acids is 1. The van der Waals surface area contributed by atoms with E-state index in [2.05, 4.69) is 25.4 Å². The average Bonchev–Trinajstić information content (AvgIpc) is 3.32. The summed E-state index contributed by atoms with van der Waals surface area (Å²) >= 11 is 1.34. The molecule has 3 aromatic heterocycles. The third-order valence-electron chi connectivity index (χ3n) is 4.60. The van der Waals surface area contributed by atoms with Gasteiger partial charge in [0.2, 0.25) is 11.6 Å². The molecule has 0 fully saturated rings. The molecule has 4 rings (SSSR count). The third-order valence-corrected chi connectivity index (χ3v) is 5.43. The van der Waals surface area contributed by atoms with Crippen molar-refractivity contribution in [2.24, 2.45) is 0 Å². The minimum atomic E-state index is -0.247. The number of hydrogen-bond donors (Lipinski definition) is 1. The van der Waals surface area contributed by atoms with Crippen molar-refractivity contribution in [3.63, 3.8) is 0 Å². The number of benzene rings is 1. The summed E-state index contributed by atoms with van der Waals surface area (Å²) in [6.07, 6.45) is 0. The van der Waals surface area contributed by atoms with E-state index in [0.717, 1.165) is 11.3 Å². The van der Waals surface area contributed by atoms with Gasteiger partial charge in [-0.1, -0.05) is 49.0 Å². The smallest absolute Gasteiger partial charge is 0.256 e. The number of aromatic nitrogens is 4. The van der Waals surface area contributed by atoms with E-state index in [9.17, 15) is 4.79 Å². The zero-order chi connectivity index (χ0) is 21.3. The van der Waals surface area contributed by atoms with Crippen LogP contribution in [0.3, 0.4) is 0 Å². The quantitative estimate of drug-likeness (QED) is 0.345. The summed E-state index contributed by atoms with van der Waals surface area (Å²) in [6, 6.07) is 8.99. The topological polar surface area (TPSA) is 107 Å². The van der Waals surface area contributed by atoms with E-state index in [1.807, 2.05) is 45.9 Å². The highest BCUT2D eigenvalue weighted by Gasteiger charge is 2.19. The molecule has 0 saturated carbocycles. The second-order valence-electron chi connectivity index (χ2n) is 7.13. The van der Waals surface area contributed by atoms with E-state index in [0.29, 0.717) is 45.1 Å². The molecule has 0 atom stereocenters. The molecule has 0 aliphatic rings. The normalized spacial score (nSPS) is 11.4. The molecule has 154 valence electrons. The maximum Gasteiger partial charge on any atom is 0.256 e. The van der Waals surface area contributed by atoms with Crippen LogP contribution in [0.4, 0.5) is 5.82 Å². The molecule has 0 radical (unpaired) electrons. The van der Waals surface area contributed by atoms with Crippen LogP contribution < -0.4 is 5.32 Å². The van der Waals surface area contributed by atoms with Gasteiger partial charge in [0, 0.05) is 17.0 Å². The van der Waals surface area contributed by atoms with Gasteiger partial charge in [0.15, 0.2) is 11.0 Å². The lowest BCUT2D eigenvalue weighted by molar-refractivity contribution is 0.102. The number of carbonyl (C=O) groups is 1. The molecular formula is C21H21N5O3S. The number of hydrogen-bond acceptors (Lipinski definition) is 8. The summed E-state index contributed by atoms with van der Waals surface area (Å²) in [6.45, 7) is 7.78. The molecule has 1 aromatic carbocycles. The molecular weight excluding hydrogens is 402 g/mol. The lowest BCUT2D eigenvalue weighted by atomic mass is 10.2. The van der Waals surface area contributed by atoms with E-state index >= 15 is 0 Å². The van der Waals surface area contributed by atoms with Crippen LogP contribution in [0, 0.1) is 13.8 Å². The monoisotopic (exact) mass is 423 g/mol. The molecule has 1 amide bonds. The molecule has 0 aliphatic carbocycles. The van der Waals surface area contributed by atoms with Gasteiger partial charge in [-0.15, -0.1) is 0 Å². The van der Waals surface area contributed by atoms with Gasteiger partial charge < -0.3 is 14.3 Å². The van der Waals surface area contributed by atoms with Crippen molar-refractivity contribution in [1.82, 2.24) is 20.1 Å². The Morgan fingerprint density at radius 3 is 2.60 bits per heavy atom. The van der Waals surface area contributed by atoms with Gasteiger partial charge in [0.25, 0.3) is 5.91 Å². The molecule has 3 heterocycles. The molecule has 0 bridgehead atoms. The number of furan rings is 1. The first-order valence-electron chi connectivity index (χ1n) is 9.51. The maximum absolute atomic E-state index is 12.7. The number of thioether (sulfide) groups is 1. The summed E-state index contributed by atoms with van der Waals surface area (Å²) < 4.78 is 11.1. The fraction of sp³-hybridized carbons (Fsp3) is 0.286. The van der Waals surface area contributed by atoms with Crippen LogP contribution in [-0.2, 0) is 5.75 Å². The summed E-state index contributed by atoms with van der Waals surface area (Å²) in [4.78, 5) is 26.1. The van der Waals surface area contributed by atoms with Crippen LogP contribution in [0.2, 0.25) is 0 Å². The Balaban J connectivity index is 1.63. The van der Waals surface area contributed by atoms with Crippen molar-refractivity contribution in [3.8, 4) is 0 Å². The lowest BCUT2D eigenvalue weighted by Crippen LogP contribution is -2.13. The zero-order valence-electron chi connectivity index (χ0n) is 17.1. The van der Waals surface area contributed by atoms with Crippen molar-refractivity contribution >= 4 is 34.6 Å². The van der Waals surface area contributed by atoms with Gasteiger partial charge in [-0.25, -0.2) is 4.98 Å². The average molecular weight is 423 g/mol. The molecule has 0 saturated heterocycles. The van der Waals surface area contributed by atoms with Gasteiger partial charge >= 0.3 is 0 Å². The highest BCUT2D eigenvalue weighted by Crippen LogP contribution is 2.32. The molecule has 9 heteroatoms. The molecule has 4 aromatic rings. The number of nitrogens with zero attached hydrogens (tertiary/aromatic N) is 4. The van der Waals surface area contributed by atoms with Crippen molar-refractivity contribution in [3.05, 3.63) is 58.9 Å². The predicted molar refractivity (Wildman–Crippen MR) is 114 cm³/mol. The van der Waals surface area contributed by atoms with Gasteiger partial charge in [-0.05, 0) is 26.0 Å². The van der Waals surface area contributed by atoms with Crippen molar-refractivity contribution in [2.75, 3.05) is 5.32 Å². The van der Waals surface area contributed by atoms with Crippen LogP contribution in [0.5, 0.6) is 0 Å². The van der Waals surface area contributed by atoms with Crippen molar-refractivity contribution in [2.45, 2.75) is 44.5 Å². The van der Waals surface area contributed by atoms with E-state index < -0.39 is 0 Å². The molecule has 8 nitrogen and oxygen atoms in total. The first-order chi connectivity index (χ1) is 14.4. The molecule has 30 heavy (non-hydrogen) atoms. The number of fused-ring (bicyclic) bond motifs is 1. The van der Waals surface area contributed by atoms with Crippen LogP contribution in [0.25, 0.3) is 11.1 Å². The largest absolute Gasteiger partial charge is 0.443 e. The minimum Gasteiger partial charge on any atom is -0.443 e. The van der Waals surface area contributed by atoms with Crippen LogP contribution in [-0.4, -0.2) is 26.0 Å². The van der Waals surface area contributed by atoms with Crippen LogP contribution in [0.15, 0.2) is 44.4 Å². The van der Waals surface area contributed by atoms with Crippen LogP contribution >= 0.6 is 11.8 Å². The van der Waals surface area contributed by atoms with E-state index in [1.54, 1.807) is 12.1 Å². The Morgan fingerprint density at radius 1 is 1.13 bits per heavy atom. The highest BCUT2D eigenvalue weighted by atomic mass is 32.2. The Morgan fingerprint density at radius 2 is 1.90 bits per heavy atom. The fourth-order valence-corrected chi connectivity index (χ4v) is 3.51. The minimum absolute atomic E-state index is 0.189. The SMILES string of the molecule is Cc1oc2nc(SCc3nc(C(C)C)no3)nc(NC(=O)c3ccccc3)c2c1C. The first kappa shape index (κ1) is 20.1. The van der Waals surface area contributed by atoms with E-state index in [1.165, 1.54) is 11.8 Å². The van der Waals surface area contributed by atoms with Crippen molar-refractivity contribution in [1.29, 1.82) is 0 Å². The van der Waals surface area contributed by atoms with E-state index in [4.69, 9.17) is 8.94 Å². The number of nitrogens with one attached hydrogen (secondary N) is 1. The molecule has 1 N–H and O–H groups in total. The molecule has 0 aliphatic heterocycles. The Kier molecular flexibility index (Phi) is 5.54. The summed E-state index contributed by atoms with van der Waals surface area (Å²) in [5.41, 5.74) is 1.87. The maximum atomic E-state index is 12.7. The predicted octanol–water partition coefficient (Wildman–Crippen LogP) is 4.89. The van der Waals surface area contributed by atoms with E-state index in [-0.39, 0.29) is 11.8 Å². The van der Waals surface area contributed by atoms with Crippen LogP contribution in [0.1, 0.15) is 53.2 Å². The lowest BCUT2D eigenvalue weighted by Gasteiger charge is -2.07. The number of aryl methyl sites for hydroxylation is 2. The Hall–Kier alpha value is -3.20. The van der Waals surface area contributed by atoms with Gasteiger partial charge in [0.1, 0.15) is 11.6 Å². The second kappa shape index (κ2) is 8.27. The first-order valence-corrected chi connectivity index (χ1v) is 10.5. The summed E-state index contributed by atoms with van der Waals surface area (Å²) in [7, 11) is 0. The summed E-state index contributed by atoms with van der Waals surface area (Å²) in [5.74, 6) is 2.66. The molecule has 0 unspecified atom stereocenters. The standard InChI is InChI=1S/C21H21N5O3S/c1-11(2)17-22-15(29-26-17)10-30-21-24-18(16-12(3)13(4)28-20(16)25-21)23-19(27)14-8-6-5-7-9-14/h5-9,11H,10H2,1-4H3,(H,23,24,25,27). The van der Waals surface area contributed by atoms with Gasteiger partial charge in [-0.3, -0.25) is 4.79 Å². The van der Waals surface area contributed by atoms with Gasteiger partial charge in [0.05, 0.1) is 11.1 Å². The zero-order valence-corrected chi connectivity index (χ0v) is 17.9. The fourth-order valence-electron chi connectivity index (χ4n) is 2.84. The number of amides is 1. The number of rotatable bonds is 6. The summed E-state index contributed by atoms with van der Waals surface area (Å²) in [5, 5.41) is 8.01. The van der Waals surface area contributed by atoms with Crippen molar-refractivity contribution < 1.29 is 13.7 Å². The second-order valence-corrected chi connectivity index (χ2v) is 8.07. The Labute approximate surface area is 177 Å². The highest BCUT2D eigenvalue weighted by molar-refractivity contribution is 7.98.